The summed E-state index contributed by atoms with van der Waals surface area (Å²) in [5.41, 5.74) is 1.95. The molecule has 0 heterocycles. The number of unbranched alkanes of at least 4 members (excludes halogenated alkanes) is 1. The van der Waals surface area contributed by atoms with Crippen LogP contribution in [0.1, 0.15) is 30.9 Å². The smallest absolute Gasteiger partial charge is 0.271 e. The highest BCUT2D eigenvalue weighted by atomic mass is 32.2. The molecule has 0 fully saturated rings. The van der Waals surface area contributed by atoms with E-state index >= 15 is 0 Å². The first kappa shape index (κ1) is 23.3. The Kier molecular flexibility index (Phi) is 7.84. The number of amides is 1. The number of anilines is 1. The van der Waals surface area contributed by atoms with Gasteiger partial charge in [0.2, 0.25) is 0 Å². The molecule has 3 aromatic carbocycles. The van der Waals surface area contributed by atoms with Crippen LogP contribution in [0, 0.1) is 6.92 Å². The van der Waals surface area contributed by atoms with Crippen molar-refractivity contribution in [1.82, 2.24) is 0 Å². The van der Waals surface area contributed by atoms with Gasteiger partial charge in [0.25, 0.3) is 15.9 Å². The summed E-state index contributed by atoms with van der Waals surface area (Å²) >= 11 is 0. The van der Waals surface area contributed by atoms with Crippen molar-refractivity contribution in [1.29, 1.82) is 0 Å². The number of ether oxygens (including phenoxy) is 1. The summed E-state index contributed by atoms with van der Waals surface area (Å²) in [5, 5.41) is 0. The van der Waals surface area contributed by atoms with Crippen LogP contribution in [0.5, 0.6) is 5.75 Å². The highest BCUT2D eigenvalue weighted by Gasteiger charge is 2.29. The van der Waals surface area contributed by atoms with Gasteiger partial charge in [-0.1, -0.05) is 67.4 Å². The summed E-state index contributed by atoms with van der Waals surface area (Å²) in [6.45, 7) is 4.56. The average Bonchev–Trinajstić information content (AvgIpc) is 2.80. The van der Waals surface area contributed by atoms with Crippen LogP contribution in [0.25, 0.3) is 6.08 Å². The highest BCUT2D eigenvalue weighted by molar-refractivity contribution is 7.93. The predicted octanol–water partition coefficient (Wildman–Crippen LogP) is 5.61. The zero-order valence-corrected chi connectivity index (χ0v) is 19.1. The number of carbonyl (C=O) groups excluding carboxylic acids is 1. The second-order valence-electron chi connectivity index (χ2n) is 7.33. The van der Waals surface area contributed by atoms with E-state index in [9.17, 15) is 13.2 Å². The molecule has 3 rings (SSSR count). The molecule has 0 atom stereocenters. The van der Waals surface area contributed by atoms with Gasteiger partial charge in [-0.05, 0) is 49.8 Å². The molecule has 0 saturated carbocycles. The largest absolute Gasteiger partial charge is 0.493 e. The van der Waals surface area contributed by atoms with Gasteiger partial charge >= 0.3 is 0 Å². The molecule has 0 unspecified atom stereocenters. The number of hydrogen-bond donors (Lipinski definition) is 0. The van der Waals surface area contributed by atoms with E-state index in [1.807, 2.05) is 31.2 Å². The number of rotatable bonds is 9. The fourth-order valence-corrected chi connectivity index (χ4v) is 4.48. The van der Waals surface area contributed by atoms with Crippen LogP contribution >= 0.6 is 0 Å². The van der Waals surface area contributed by atoms with E-state index in [1.165, 1.54) is 18.2 Å². The van der Waals surface area contributed by atoms with Crippen LogP contribution in [0.15, 0.2) is 89.8 Å². The van der Waals surface area contributed by atoms with Gasteiger partial charge in [-0.3, -0.25) is 4.79 Å². The van der Waals surface area contributed by atoms with E-state index in [0.29, 0.717) is 17.9 Å². The molecule has 166 valence electrons. The van der Waals surface area contributed by atoms with Gasteiger partial charge < -0.3 is 4.74 Å². The van der Waals surface area contributed by atoms with Crippen LogP contribution in [0.4, 0.5) is 5.69 Å². The quantitative estimate of drug-likeness (QED) is 0.315. The molecule has 3 aromatic rings. The molecule has 0 aliphatic heterocycles. The molecule has 0 aliphatic carbocycles. The molecular weight excluding hydrogens is 422 g/mol. The second kappa shape index (κ2) is 10.8. The van der Waals surface area contributed by atoms with Crippen molar-refractivity contribution >= 4 is 27.7 Å². The zero-order valence-electron chi connectivity index (χ0n) is 18.3. The fourth-order valence-electron chi connectivity index (χ4n) is 3.07. The maximum absolute atomic E-state index is 13.4. The van der Waals surface area contributed by atoms with Crippen molar-refractivity contribution in [2.45, 2.75) is 31.6 Å². The van der Waals surface area contributed by atoms with Gasteiger partial charge in [0.05, 0.1) is 17.2 Å². The number of para-hydroxylation sites is 1. The van der Waals surface area contributed by atoms with Gasteiger partial charge in [0.1, 0.15) is 5.75 Å². The Morgan fingerprint density at radius 2 is 1.59 bits per heavy atom. The molecule has 0 N–H and O–H groups in total. The number of aryl methyl sites for hydroxylation is 1. The van der Waals surface area contributed by atoms with Crippen molar-refractivity contribution in [2.24, 2.45) is 0 Å². The van der Waals surface area contributed by atoms with E-state index in [-0.39, 0.29) is 10.6 Å². The molecule has 0 spiro atoms. The monoisotopic (exact) mass is 449 g/mol. The number of sulfonamides is 1. The van der Waals surface area contributed by atoms with E-state index in [2.05, 4.69) is 6.92 Å². The maximum Gasteiger partial charge on any atom is 0.271 e. The molecule has 0 aliphatic rings. The minimum atomic E-state index is -4.10. The zero-order chi connectivity index (χ0) is 23.0. The van der Waals surface area contributed by atoms with Gasteiger partial charge in [0, 0.05) is 11.6 Å². The first-order valence-corrected chi connectivity index (χ1v) is 12.0. The second-order valence-corrected chi connectivity index (χ2v) is 9.12. The number of benzene rings is 3. The number of nitrogens with zero attached hydrogens (tertiary/aromatic N) is 1. The topological polar surface area (TPSA) is 63.7 Å². The molecule has 6 heteroatoms. The van der Waals surface area contributed by atoms with Gasteiger partial charge in [-0.2, -0.15) is 4.31 Å². The van der Waals surface area contributed by atoms with Gasteiger partial charge in [-0.25, -0.2) is 8.42 Å². The average molecular weight is 450 g/mol. The van der Waals surface area contributed by atoms with Gasteiger partial charge in [-0.15, -0.1) is 0 Å². The Labute approximate surface area is 190 Å². The van der Waals surface area contributed by atoms with E-state index in [0.717, 1.165) is 22.7 Å². The third-order valence-electron chi connectivity index (χ3n) is 4.83. The Bertz CT molecular complexity index is 1170. The lowest BCUT2D eigenvalue weighted by Crippen LogP contribution is -2.35. The molecular formula is C26H27NO4S. The lowest BCUT2D eigenvalue weighted by Gasteiger charge is -2.21. The van der Waals surface area contributed by atoms with Crippen molar-refractivity contribution in [3.8, 4) is 5.75 Å². The Morgan fingerprint density at radius 3 is 2.28 bits per heavy atom. The van der Waals surface area contributed by atoms with Gasteiger partial charge in [0.15, 0.2) is 0 Å². The molecule has 1 amide bonds. The van der Waals surface area contributed by atoms with Crippen molar-refractivity contribution < 1.29 is 17.9 Å². The summed E-state index contributed by atoms with van der Waals surface area (Å²) in [6.07, 6.45) is 4.79. The molecule has 5 nitrogen and oxygen atoms in total. The summed E-state index contributed by atoms with van der Waals surface area (Å²) in [6, 6.07) is 22.1. The number of hydrogen-bond acceptors (Lipinski definition) is 4. The van der Waals surface area contributed by atoms with E-state index < -0.39 is 15.9 Å². The van der Waals surface area contributed by atoms with Crippen LogP contribution < -0.4 is 9.04 Å². The summed E-state index contributed by atoms with van der Waals surface area (Å²) in [5.74, 6) is -0.0149. The Morgan fingerprint density at radius 1 is 0.938 bits per heavy atom. The van der Waals surface area contributed by atoms with E-state index in [1.54, 1.807) is 48.5 Å². The minimum Gasteiger partial charge on any atom is -0.493 e. The van der Waals surface area contributed by atoms with Crippen molar-refractivity contribution in [3.63, 3.8) is 0 Å². The van der Waals surface area contributed by atoms with Crippen LogP contribution in [-0.2, 0) is 14.8 Å². The lowest BCUT2D eigenvalue weighted by molar-refractivity contribution is -0.113. The molecule has 0 bridgehead atoms. The standard InChI is InChI=1S/C26H27NO4S/c1-3-4-20-31-25-13-9-8-10-22(25)16-19-26(28)27(23-17-14-21(2)15-18-23)32(29,30)24-11-6-5-7-12-24/h5-19H,3-4,20H2,1-2H3/b19-16+. The fraction of sp³-hybridized carbons (Fsp3) is 0.192. The van der Waals surface area contributed by atoms with Crippen LogP contribution in [0.2, 0.25) is 0 Å². The Balaban J connectivity index is 1.96. The third kappa shape index (κ3) is 5.65. The molecule has 0 aromatic heterocycles. The summed E-state index contributed by atoms with van der Waals surface area (Å²) in [7, 11) is -4.10. The number of carbonyl (C=O) groups is 1. The van der Waals surface area contributed by atoms with Crippen LogP contribution in [-0.4, -0.2) is 20.9 Å². The molecule has 32 heavy (non-hydrogen) atoms. The maximum atomic E-state index is 13.4. The lowest BCUT2D eigenvalue weighted by atomic mass is 10.2. The highest BCUT2D eigenvalue weighted by Crippen LogP contribution is 2.26. The van der Waals surface area contributed by atoms with Crippen molar-refractivity contribution in [2.75, 3.05) is 10.9 Å². The van der Waals surface area contributed by atoms with Crippen molar-refractivity contribution in [3.05, 3.63) is 96.1 Å². The van der Waals surface area contributed by atoms with E-state index in [4.69, 9.17) is 4.74 Å². The minimum absolute atomic E-state index is 0.0469. The molecule has 0 radical (unpaired) electrons. The normalized spacial score (nSPS) is 11.4. The predicted molar refractivity (Wildman–Crippen MR) is 128 cm³/mol. The SMILES string of the molecule is CCCCOc1ccccc1/C=C/C(=O)N(c1ccc(C)cc1)S(=O)(=O)c1ccccc1. The summed E-state index contributed by atoms with van der Waals surface area (Å²) < 4.78 is 33.4. The Hall–Kier alpha value is -3.38. The van der Waals surface area contributed by atoms with Crippen LogP contribution in [0.3, 0.4) is 0 Å². The first-order chi connectivity index (χ1) is 15.4. The third-order valence-corrected chi connectivity index (χ3v) is 6.57. The molecule has 0 saturated heterocycles. The summed E-state index contributed by atoms with van der Waals surface area (Å²) in [4.78, 5) is 13.3. The first-order valence-electron chi connectivity index (χ1n) is 10.5.